The van der Waals surface area contributed by atoms with Gasteiger partial charge in [-0.1, -0.05) is 0 Å². The van der Waals surface area contributed by atoms with Crippen molar-refractivity contribution < 1.29 is 23.8 Å². The first kappa shape index (κ1) is 14.4. The zero-order chi connectivity index (χ0) is 14.7. The first-order valence-corrected chi connectivity index (χ1v) is 6.57. The molecular formula is C13H12BrNO5. The Balaban J connectivity index is 2.44. The lowest BCUT2D eigenvalue weighted by Gasteiger charge is -2.03. The highest BCUT2D eigenvalue weighted by Crippen LogP contribution is 2.32. The van der Waals surface area contributed by atoms with Crippen LogP contribution in [0.15, 0.2) is 27.1 Å². The van der Waals surface area contributed by atoms with Crippen molar-refractivity contribution in [3.8, 4) is 23.1 Å². The molecule has 106 valence electrons. The maximum atomic E-state index is 11.1. The monoisotopic (exact) mass is 341 g/mol. The topological polar surface area (TPSA) is 81.8 Å². The van der Waals surface area contributed by atoms with Crippen LogP contribution in [0.2, 0.25) is 0 Å². The number of hydrogen-bond donors (Lipinski definition) is 1. The molecule has 0 aliphatic carbocycles. The molecule has 2 rings (SSSR count). The molecule has 0 atom stereocenters. The van der Waals surface area contributed by atoms with E-state index in [1.807, 2.05) is 0 Å². The zero-order valence-electron chi connectivity index (χ0n) is 10.8. The van der Waals surface area contributed by atoms with E-state index in [9.17, 15) is 4.79 Å². The molecule has 1 aromatic carbocycles. The number of carboxylic acids is 1. The number of aromatic carboxylic acids is 1. The molecule has 7 heteroatoms. The maximum absolute atomic E-state index is 11.1. The predicted molar refractivity (Wildman–Crippen MR) is 74.3 cm³/mol. The summed E-state index contributed by atoms with van der Waals surface area (Å²) in [5, 5.41) is 9.06. The second-order valence-corrected chi connectivity index (χ2v) is 4.60. The van der Waals surface area contributed by atoms with Crippen LogP contribution in [0.25, 0.3) is 11.5 Å². The SMILES string of the molecule is CCOc1oc(-c2ccc(OC)c(Br)c2)nc1C(=O)O. The van der Waals surface area contributed by atoms with Gasteiger partial charge in [0.05, 0.1) is 18.2 Å². The van der Waals surface area contributed by atoms with E-state index >= 15 is 0 Å². The molecule has 0 fully saturated rings. The fourth-order valence-electron chi connectivity index (χ4n) is 1.59. The van der Waals surface area contributed by atoms with Crippen LogP contribution >= 0.6 is 15.9 Å². The summed E-state index contributed by atoms with van der Waals surface area (Å²) in [5.74, 6) is -0.462. The summed E-state index contributed by atoms with van der Waals surface area (Å²) in [5.41, 5.74) is 0.375. The second-order valence-electron chi connectivity index (χ2n) is 3.74. The Kier molecular flexibility index (Phi) is 4.29. The van der Waals surface area contributed by atoms with Crippen molar-refractivity contribution in [1.82, 2.24) is 4.98 Å². The van der Waals surface area contributed by atoms with Crippen molar-refractivity contribution >= 4 is 21.9 Å². The van der Waals surface area contributed by atoms with Gasteiger partial charge in [0.15, 0.2) is 0 Å². The summed E-state index contributed by atoms with van der Waals surface area (Å²) in [7, 11) is 1.56. The van der Waals surface area contributed by atoms with E-state index in [0.717, 1.165) is 0 Å². The van der Waals surface area contributed by atoms with Crippen molar-refractivity contribution in [2.45, 2.75) is 6.92 Å². The molecule has 0 spiro atoms. The van der Waals surface area contributed by atoms with Gasteiger partial charge in [0.2, 0.25) is 11.6 Å². The lowest BCUT2D eigenvalue weighted by Crippen LogP contribution is -2.01. The van der Waals surface area contributed by atoms with E-state index in [4.69, 9.17) is 19.0 Å². The van der Waals surface area contributed by atoms with E-state index in [1.54, 1.807) is 32.2 Å². The number of oxazole rings is 1. The number of carbonyl (C=O) groups is 1. The van der Waals surface area contributed by atoms with Crippen LogP contribution in [-0.4, -0.2) is 29.8 Å². The summed E-state index contributed by atoms with van der Waals surface area (Å²) < 4.78 is 16.3. The van der Waals surface area contributed by atoms with Crippen molar-refractivity contribution in [1.29, 1.82) is 0 Å². The van der Waals surface area contributed by atoms with Gasteiger partial charge in [-0.2, -0.15) is 4.98 Å². The minimum atomic E-state index is -1.20. The van der Waals surface area contributed by atoms with Crippen molar-refractivity contribution in [2.24, 2.45) is 0 Å². The van der Waals surface area contributed by atoms with Crippen LogP contribution in [0.3, 0.4) is 0 Å². The van der Waals surface area contributed by atoms with E-state index in [-0.39, 0.29) is 17.5 Å². The summed E-state index contributed by atoms with van der Waals surface area (Å²) in [4.78, 5) is 15.0. The molecule has 1 N–H and O–H groups in total. The fourth-order valence-corrected chi connectivity index (χ4v) is 2.13. The molecule has 0 amide bonds. The summed E-state index contributed by atoms with van der Waals surface area (Å²) >= 11 is 3.35. The molecule has 0 bridgehead atoms. The molecule has 0 radical (unpaired) electrons. The van der Waals surface area contributed by atoms with Crippen LogP contribution in [-0.2, 0) is 0 Å². The lowest BCUT2D eigenvalue weighted by atomic mass is 10.2. The molecule has 0 saturated heterocycles. The molecule has 0 unspecified atom stereocenters. The normalized spacial score (nSPS) is 10.3. The highest BCUT2D eigenvalue weighted by molar-refractivity contribution is 9.10. The Hall–Kier alpha value is -2.02. The maximum Gasteiger partial charge on any atom is 0.362 e. The second kappa shape index (κ2) is 5.96. The van der Waals surface area contributed by atoms with E-state index < -0.39 is 5.97 Å². The molecule has 0 aliphatic rings. The Morgan fingerprint density at radius 2 is 2.25 bits per heavy atom. The number of benzene rings is 1. The largest absolute Gasteiger partial charge is 0.496 e. The van der Waals surface area contributed by atoms with Crippen LogP contribution < -0.4 is 9.47 Å². The molecule has 6 nitrogen and oxygen atoms in total. The highest BCUT2D eigenvalue weighted by Gasteiger charge is 2.22. The Morgan fingerprint density at radius 1 is 1.50 bits per heavy atom. The Morgan fingerprint density at radius 3 is 2.80 bits per heavy atom. The van der Waals surface area contributed by atoms with Crippen LogP contribution in [0.5, 0.6) is 11.7 Å². The third-order valence-electron chi connectivity index (χ3n) is 2.47. The van der Waals surface area contributed by atoms with Gasteiger partial charge in [-0.3, -0.25) is 0 Å². The van der Waals surface area contributed by atoms with Gasteiger partial charge in [0, 0.05) is 5.56 Å². The number of aromatic nitrogens is 1. The van der Waals surface area contributed by atoms with Crippen LogP contribution in [0, 0.1) is 0 Å². The number of ether oxygens (including phenoxy) is 2. The molecular weight excluding hydrogens is 330 g/mol. The van der Waals surface area contributed by atoms with Gasteiger partial charge >= 0.3 is 11.9 Å². The van der Waals surface area contributed by atoms with Crippen molar-refractivity contribution in [3.63, 3.8) is 0 Å². The summed E-state index contributed by atoms with van der Waals surface area (Å²) in [6.45, 7) is 2.03. The molecule has 20 heavy (non-hydrogen) atoms. The minimum Gasteiger partial charge on any atom is -0.496 e. The Bertz CT molecular complexity index is 638. The van der Waals surface area contributed by atoms with Gasteiger partial charge in [0.25, 0.3) is 0 Å². The molecule has 0 aliphatic heterocycles. The molecule has 0 saturated carbocycles. The average molecular weight is 342 g/mol. The van der Waals surface area contributed by atoms with E-state index in [1.165, 1.54) is 0 Å². The smallest absolute Gasteiger partial charge is 0.362 e. The third-order valence-corrected chi connectivity index (χ3v) is 3.09. The average Bonchev–Trinajstić information content (AvgIpc) is 2.83. The molecule has 2 aromatic rings. The number of rotatable bonds is 5. The van der Waals surface area contributed by atoms with Crippen LogP contribution in [0.1, 0.15) is 17.4 Å². The first-order chi connectivity index (χ1) is 9.56. The summed E-state index contributed by atoms with van der Waals surface area (Å²) in [6.07, 6.45) is 0. The van der Waals surface area contributed by atoms with Crippen LogP contribution in [0.4, 0.5) is 0 Å². The van der Waals surface area contributed by atoms with Crippen molar-refractivity contribution in [3.05, 3.63) is 28.4 Å². The predicted octanol–water partition coefficient (Wildman–Crippen LogP) is 3.21. The van der Waals surface area contributed by atoms with Gasteiger partial charge in [0.1, 0.15) is 5.75 Å². The van der Waals surface area contributed by atoms with Gasteiger partial charge in [-0.25, -0.2) is 4.79 Å². The van der Waals surface area contributed by atoms with E-state index in [2.05, 4.69) is 20.9 Å². The summed E-state index contributed by atoms with van der Waals surface area (Å²) in [6, 6.07) is 5.17. The quantitative estimate of drug-likeness (QED) is 0.899. The number of nitrogens with zero attached hydrogens (tertiary/aromatic N) is 1. The number of methoxy groups -OCH3 is 1. The number of carboxylic acid groups (broad SMARTS) is 1. The zero-order valence-corrected chi connectivity index (χ0v) is 12.4. The Labute approximate surface area is 123 Å². The number of hydrogen-bond acceptors (Lipinski definition) is 5. The van der Waals surface area contributed by atoms with Gasteiger partial charge < -0.3 is 19.0 Å². The van der Waals surface area contributed by atoms with Gasteiger partial charge in [-0.05, 0) is 41.1 Å². The number of halogens is 1. The van der Waals surface area contributed by atoms with Crippen molar-refractivity contribution in [2.75, 3.05) is 13.7 Å². The lowest BCUT2D eigenvalue weighted by molar-refractivity contribution is 0.0683. The highest BCUT2D eigenvalue weighted by atomic mass is 79.9. The van der Waals surface area contributed by atoms with E-state index in [0.29, 0.717) is 22.4 Å². The molecule has 1 aromatic heterocycles. The first-order valence-electron chi connectivity index (χ1n) is 5.77. The molecule has 1 heterocycles. The third kappa shape index (κ3) is 2.77. The van der Waals surface area contributed by atoms with Gasteiger partial charge in [-0.15, -0.1) is 0 Å². The fraction of sp³-hybridized carbons (Fsp3) is 0.231. The minimum absolute atomic E-state index is 0.0954. The standard InChI is InChI=1S/C13H12BrNO5/c1-3-19-13-10(12(16)17)15-11(20-13)7-4-5-9(18-2)8(14)6-7/h4-6H,3H2,1-2H3,(H,16,17).